The fraction of sp³-hybridized carbons (Fsp3) is 0.138. The molecule has 0 saturated carbocycles. The number of carboxylic acids is 1. The predicted molar refractivity (Wildman–Crippen MR) is 147 cm³/mol. The van der Waals surface area contributed by atoms with Crippen molar-refractivity contribution in [2.45, 2.75) is 19.3 Å². The lowest BCUT2D eigenvalue weighted by molar-refractivity contribution is 0.0697. The summed E-state index contributed by atoms with van der Waals surface area (Å²) < 4.78 is 1.43. The Morgan fingerprint density at radius 3 is 2.27 bits per heavy atom. The van der Waals surface area contributed by atoms with Crippen LogP contribution in [0.25, 0.3) is 11.1 Å². The summed E-state index contributed by atoms with van der Waals surface area (Å²) in [5.41, 5.74) is 5.56. The summed E-state index contributed by atoms with van der Waals surface area (Å²) in [6.45, 7) is 1.88. The van der Waals surface area contributed by atoms with Crippen molar-refractivity contribution in [2.24, 2.45) is 12.2 Å². The zero-order chi connectivity index (χ0) is 26.7. The van der Waals surface area contributed by atoms with E-state index in [4.69, 9.17) is 23.2 Å². The third-order valence-electron chi connectivity index (χ3n) is 6.37. The van der Waals surface area contributed by atoms with Crippen LogP contribution in [0.15, 0.2) is 88.9 Å². The summed E-state index contributed by atoms with van der Waals surface area (Å²) in [7, 11) is 1.64. The number of nitrogens with zero attached hydrogens (tertiary/aromatic N) is 2. The molecule has 2 N–H and O–H groups in total. The van der Waals surface area contributed by atoms with Crippen molar-refractivity contribution in [3.05, 3.63) is 127 Å². The maximum absolute atomic E-state index is 11.9. The summed E-state index contributed by atoms with van der Waals surface area (Å²) in [5, 5.41) is 23.7. The van der Waals surface area contributed by atoms with Crippen molar-refractivity contribution < 1.29 is 15.1 Å². The molecule has 1 aromatic heterocycles. The molecular weight excluding hydrogens is 511 g/mol. The van der Waals surface area contributed by atoms with Gasteiger partial charge in [-0.3, -0.25) is 4.79 Å². The second-order valence-corrected chi connectivity index (χ2v) is 9.64. The molecule has 0 saturated heterocycles. The van der Waals surface area contributed by atoms with Gasteiger partial charge in [0.15, 0.2) is 0 Å². The SMILES string of the molecule is Cc1cc(C(=O)O)ccc1-c1ccc([C@H](C/C(=N\O)c2ccc(=O)n(C)c2)c2ccc(Cl)cc2Cl)cc1. The Bertz CT molecular complexity index is 1560. The minimum atomic E-state index is -0.965. The van der Waals surface area contributed by atoms with E-state index in [2.05, 4.69) is 5.16 Å². The smallest absolute Gasteiger partial charge is 0.335 e. The highest BCUT2D eigenvalue weighted by atomic mass is 35.5. The molecule has 0 radical (unpaired) electrons. The normalized spacial score (nSPS) is 12.4. The monoisotopic (exact) mass is 534 g/mol. The predicted octanol–water partition coefficient (Wildman–Crippen LogP) is 6.77. The molecular formula is C29H24Cl2N2O4. The number of aryl methyl sites for hydroxylation is 2. The van der Waals surface area contributed by atoms with Crippen molar-refractivity contribution >= 4 is 34.9 Å². The van der Waals surface area contributed by atoms with Crippen LogP contribution in [0.3, 0.4) is 0 Å². The van der Waals surface area contributed by atoms with Crippen LogP contribution in [0.1, 0.15) is 45.0 Å². The number of hydrogen-bond acceptors (Lipinski definition) is 4. The van der Waals surface area contributed by atoms with Gasteiger partial charge in [-0.2, -0.15) is 0 Å². The van der Waals surface area contributed by atoms with Crippen molar-refractivity contribution in [1.82, 2.24) is 4.57 Å². The molecule has 0 aliphatic carbocycles. The highest BCUT2D eigenvalue weighted by Crippen LogP contribution is 2.36. The molecule has 0 spiro atoms. The van der Waals surface area contributed by atoms with Crippen LogP contribution in [-0.2, 0) is 7.05 Å². The topological polar surface area (TPSA) is 91.9 Å². The van der Waals surface area contributed by atoms with E-state index in [0.29, 0.717) is 27.7 Å². The number of hydrogen-bond donors (Lipinski definition) is 2. The summed E-state index contributed by atoms with van der Waals surface area (Å²) >= 11 is 12.7. The average molecular weight is 535 g/mol. The van der Waals surface area contributed by atoms with Gasteiger partial charge in [0, 0.05) is 47.3 Å². The third-order valence-corrected chi connectivity index (χ3v) is 6.93. The first-order valence-electron chi connectivity index (χ1n) is 11.4. The van der Waals surface area contributed by atoms with Gasteiger partial charge in [-0.15, -0.1) is 0 Å². The van der Waals surface area contributed by atoms with Gasteiger partial charge in [-0.25, -0.2) is 4.79 Å². The first-order chi connectivity index (χ1) is 17.7. The lowest BCUT2D eigenvalue weighted by atomic mass is 9.84. The Morgan fingerprint density at radius 1 is 0.973 bits per heavy atom. The molecule has 8 heteroatoms. The van der Waals surface area contributed by atoms with Gasteiger partial charge in [0.25, 0.3) is 0 Å². The van der Waals surface area contributed by atoms with Crippen LogP contribution in [0.5, 0.6) is 0 Å². The molecule has 4 rings (SSSR count). The number of aromatic carboxylic acids is 1. The van der Waals surface area contributed by atoms with E-state index in [0.717, 1.165) is 27.8 Å². The molecule has 37 heavy (non-hydrogen) atoms. The van der Waals surface area contributed by atoms with Crippen LogP contribution in [0.2, 0.25) is 10.0 Å². The van der Waals surface area contributed by atoms with E-state index < -0.39 is 5.97 Å². The maximum atomic E-state index is 11.9. The molecule has 3 aromatic carbocycles. The number of benzene rings is 3. The van der Waals surface area contributed by atoms with E-state index in [1.54, 1.807) is 49.6 Å². The summed E-state index contributed by atoms with van der Waals surface area (Å²) in [5.74, 6) is -1.25. The van der Waals surface area contributed by atoms with Crippen molar-refractivity contribution in [2.75, 3.05) is 0 Å². The van der Waals surface area contributed by atoms with E-state index in [1.165, 1.54) is 10.6 Å². The number of oxime groups is 1. The summed E-state index contributed by atoms with van der Waals surface area (Å²) in [6.07, 6.45) is 1.94. The molecule has 0 aliphatic rings. The second-order valence-electron chi connectivity index (χ2n) is 8.79. The fourth-order valence-corrected chi connectivity index (χ4v) is 4.92. The minimum absolute atomic E-state index is 0.166. The van der Waals surface area contributed by atoms with Gasteiger partial charge < -0.3 is 14.9 Å². The number of aromatic nitrogens is 1. The Labute approximate surface area is 224 Å². The zero-order valence-corrected chi connectivity index (χ0v) is 21.7. The third kappa shape index (κ3) is 5.77. The first kappa shape index (κ1) is 26.2. The number of carboxylic acid groups (broad SMARTS) is 1. The van der Waals surface area contributed by atoms with Gasteiger partial charge in [-0.05, 0) is 65.1 Å². The highest BCUT2D eigenvalue weighted by molar-refractivity contribution is 6.35. The first-order valence-corrected chi connectivity index (χ1v) is 12.2. The van der Waals surface area contributed by atoms with Crippen LogP contribution >= 0.6 is 23.2 Å². The number of pyridine rings is 1. The molecule has 1 heterocycles. The Balaban J connectivity index is 1.74. The van der Waals surface area contributed by atoms with Crippen molar-refractivity contribution in [3.63, 3.8) is 0 Å². The second kappa shape index (κ2) is 11.0. The molecule has 188 valence electrons. The summed E-state index contributed by atoms with van der Waals surface area (Å²) in [4.78, 5) is 23.1. The van der Waals surface area contributed by atoms with Crippen molar-refractivity contribution in [3.8, 4) is 11.1 Å². The quantitative estimate of drug-likeness (QED) is 0.155. The molecule has 0 fully saturated rings. The van der Waals surface area contributed by atoms with Gasteiger partial charge in [0.05, 0.1) is 11.3 Å². The van der Waals surface area contributed by atoms with Crippen LogP contribution in [-0.4, -0.2) is 26.6 Å². The van der Waals surface area contributed by atoms with Gasteiger partial charge >= 0.3 is 5.97 Å². The van der Waals surface area contributed by atoms with Crippen LogP contribution in [0.4, 0.5) is 0 Å². The average Bonchev–Trinajstić information content (AvgIpc) is 2.87. The molecule has 1 atom stereocenters. The number of carbonyl (C=O) groups is 1. The molecule has 4 aromatic rings. The largest absolute Gasteiger partial charge is 0.478 e. The molecule has 6 nitrogen and oxygen atoms in total. The lowest BCUT2D eigenvalue weighted by Gasteiger charge is -2.21. The fourth-order valence-electron chi connectivity index (χ4n) is 4.38. The molecule has 0 bridgehead atoms. The van der Waals surface area contributed by atoms with Crippen molar-refractivity contribution in [1.29, 1.82) is 0 Å². The van der Waals surface area contributed by atoms with Gasteiger partial charge in [0.1, 0.15) is 0 Å². The van der Waals surface area contributed by atoms with Gasteiger partial charge in [0.2, 0.25) is 5.56 Å². The molecule has 0 unspecified atom stereocenters. The lowest BCUT2D eigenvalue weighted by Crippen LogP contribution is -2.18. The molecule has 0 aliphatic heterocycles. The van der Waals surface area contributed by atoms with E-state index in [9.17, 15) is 19.9 Å². The zero-order valence-electron chi connectivity index (χ0n) is 20.2. The standard InChI is InChI=1S/C29H24Cl2N2O4/c1-17-13-20(29(35)36)7-10-23(17)18-3-5-19(6-4-18)25(24-11-9-22(30)14-26(24)31)15-27(32-37)21-8-12-28(34)33(2)16-21/h3-14,16,25,37H,15H2,1-2H3,(H,35,36)/b32-27+/t25-/m0/s1. The molecule has 0 amide bonds. The number of rotatable bonds is 7. The van der Waals surface area contributed by atoms with Crippen LogP contribution < -0.4 is 5.56 Å². The van der Waals surface area contributed by atoms with E-state index >= 15 is 0 Å². The van der Waals surface area contributed by atoms with Gasteiger partial charge in [-0.1, -0.05) is 64.8 Å². The maximum Gasteiger partial charge on any atom is 0.335 e. The number of halogens is 2. The van der Waals surface area contributed by atoms with E-state index in [1.807, 2.05) is 37.3 Å². The Hall–Kier alpha value is -3.87. The van der Waals surface area contributed by atoms with E-state index in [-0.39, 0.29) is 17.0 Å². The Kier molecular flexibility index (Phi) is 7.81. The minimum Gasteiger partial charge on any atom is -0.478 e. The summed E-state index contributed by atoms with van der Waals surface area (Å²) in [6, 6.07) is 21.3. The highest BCUT2D eigenvalue weighted by Gasteiger charge is 2.22. The van der Waals surface area contributed by atoms with Crippen LogP contribution in [0, 0.1) is 6.92 Å². The Morgan fingerprint density at radius 2 is 1.68 bits per heavy atom.